The van der Waals surface area contributed by atoms with E-state index in [0.717, 1.165) is 17.5 Å². The molecule has 3 amide bonds. The fraction of sp³-hybridized carbons (Fsp3) is 0.556. The summed E-state index contributed by atoms with van der Waals surface area (Å²) in [7, 11) is 3.19. The number of urea groups is 1. The molecule has 138 valence electrons. The first-order valence-electron chi connectivity index (χ1n) is 8.61. The molecule has 0 aromatic heterocycles. The molecule has 0 radical (unpaired) electrons. The lowest BCUT2D eigenvalue weighted by atomic mass is 9.91. The number of nitrogens with one attached hydrogen (secondary N) is 2. The van der Waals surface area contributed by atoms with Gasteiger partial charge in [-0.05, 0) is 36.6 Å². The lowest BCUT2D eigenvalue weighted by Crippen LogP contribution is -2.49. The third kappa shape index (κ3) is 4.15. The van der Waals surface area contributed by atoms with E-state index in [4.69, 9.17) is 9.47 Å². The van der Waals surface area contributed by atoms with E-state index in [1.165, 1.54) is 0 Å². The molecule has 0 saturated heterocycles. The van der Waals surface area contributed by atoms with Crippen LogP contribution in [0.1, 0.15) is 37.4 Å². The van der Waals surface area contributed by atoms with Crippen molar-refractivity contribution < 1.29 is 19.1 Å². The molecule has 1 aliphatic rings. The topological polar surface area (TPSA) is 79.9 Å². The van der Waals surface area contributed by atoms with Gasteiger partial charge in [-0.1, -0.05) is 6.92 Å². The second kappa shape index (κ2) is 8.60. The van der Waals surface area contributed by atoms with E-state index in [1.807, 2.05) is 19.1 Å². The van der Waals surface area contributed by atoms with Crippen molar-refractivity contribution in [2.45, 2.75) is 32.7 Å². The predicted octanol–water partition coefficient (Wildman–Crippen LogP) is 1.86. The quantitative estimate of drug-likeness (QED) is 0.821. The van der Waals surface area contributed by atoms with Crippen molar-refractivity contribution in [2.24, 2.45) is 0 Å². The van der Waals surface area contributed by atoms with Gasteiger partial charge in [0.1, 0.15) is 0 Å². The zero-order valence-electron chi connectivity index (χ0n) is 15.3. The average Bonchev–Trinajstić information content (AvgIpc) is 2.64. The number of nitrogens with zero attached hydrogens (tertiary/aromatic N) is 1. The van der Waals surface area contributed by atoms with Crippen LogP contribution in [0.25, 0.3) is 0 Å². The minimum Gasteiger partial charge on any atom is -0.493 e. The van der Waals surface area contributed by atoms with Crippen LogP contribution in [0.15, 0.2) is 12.1 Å². The lowest BCUT2D eigenvalue weighted by molar-refractivity contribution is -0.121. The summed E-state index contributed by atoms with van der Waals surface area (Å²) in [6.45, 7) is 5.20. The number of hydrogen-bond donors (Lipinski definition) is 2. The standard InChI is InChI=1S/C18H27N3O4/c1-5-17(22)20-11-14-13-10-16(25-4)15(24-3)9-12(13)7-8-21(14)18(23)19-6-2/h9-10,14H,5-8,11H2,1-4H3,(H,19,23)(H,20,22)/t14-/m0/s1. The van der Waals surface area contributed by atoms with E-state index in [2.05, 4.69) is 10.6 Å². The maximum Gasteiger partial charge on any atom is 0.317 e. The van der Waals surface area contributed by atoms with Crippen LogP contribution in [0.2, 0.25) is 0 Å². The maximum atomic E-state index is 12.5. The van der Waals surface area contributed by atoms with Crippen LogP contribution in [0, 0.1) is 0 Å². The van der Waals surface area contributed by atoms with E-state index >= 15 is 0 Å². The number of ether oxygens (including phenoxy) is 2. The Balaban J connectivity index is 2.39. The van der Waals surface area contributed by atoms with Gasteiger partial charge < -0.3 is 25.0 Å². The fourth-order valence-corrected chi connectivity index (χ4v) is 3.08. The molecular weight excluding hydrogens is 322 g/mol. The van der Waals surface area contributed by atoms with Crippen LogP contribution in [-0.2, 0) is 11.2 Å². The summed E-state index contributed by atoms with van der Waals surface area (Å²) in [5.41, 5.74) is 2.08. The van der Waals surface area contributed by atoms with E-state index in [9.17, 15) is 9.59 Å². The normalized spacial score (nSPS) is 16.0. The van der Waals surface area contributed by atoms with Crippen LogP contribution in [-0.4, -0.2) is 50.7 Å². The molecule has 2 N–H and O–H groups in total. The smallest absolute Gasteiger partial charge is 0.317 e. The molecule has 0 fully saturated rings. The van der Waals surface area contributed by atoms with Crippen molar-refractivity contribution in [3.63, 3.8) is 0 Å². The minimum atomic E-state index is -0.245. The number of amides is 3. The molecule has 7 nitrogen and oxygen atoms in total. The molecule has 1 heterocycles. The highest BCUT2D eigenvalue weighted by Crippen LogP contribution is 2.37. The molecule has 0 unspecified atom stereocenters. The monoisotopic (exact) mass is 349 g/mol. The SMILES string of the molecule is CCNC(=O)N1CCc2cc(OC)c(OC)cc2[C@@H]1CNC(=O)CC. The molecule has 1 aromatic rings. The summed E-state index contributed by atoms with van der Waals surface area (Å²) >= 11 is 0. The summed E-state index contributed by atoms with van der Waals surface area (Å²) in [6, 6.07) is 3.49. The Bertz CT molecular complexity index is 633. The van der Waals surface area contributed by atoms with Gasteiger partial charge in [0.2, 0.25) is 5.91 Å². The van der Waals surface area contributed by atoms with Gasteiger partial charge in [0.25, 0.3) is 0 Å². The van der Waals surface area contributed by atoms with Crippen molar-refractivity contribution in [1.29, 1.82) is 0 Å². The molecule has 1 aliphatic heterocycles. The van der Waals surface area contributed by atoms with E-state index in [0.29, 0.717) is 37.6 Å². The summed E-state index contributed by atoms with van der Waals surface area (Å²) in [4.78, 5) is 25.9. The highest BCUT2D eigenvalue weighted by molar-refractivity contribution is 5.77. The molecule has 0 spiro atoms. The molecule has 7 heteroatoms. The number of rotatable bonds is 6. The van der Waals surface area contributed by atoms with Crippen molar-refractivity contribution in [1.82, 2.24) is 15.5 Å². The average molecular weight is 349 g/mol. The molecule has 1 atom stereocenters. The Labute approximate surface area is 148 Å². The largest absolute Gasteiger partial charge is 0.493 e. The number of benzene rings is 1. The summed E-state index contributed by atoms with van der Waals surface area (Å²) in [5.74, 6) is 1.25. The lowest BCUT2D eigenvalue weighted by Gasteiger charge is -2.37. The van der Waals surface area contributed by atoms with Gasteiger partial charge in [0.15, 0.2) is 11.5 Å². The maximum absolute atomic E-state index is 12.5. The van der Waals surface area contributed by atoms with Gasteiger partial charge in [-0.2, -0.15) is 0 Å². The zero-order valence-corrected chi connectivity index (χ0v) is 15.3. The highest BCUT2D eigenvalue weighted by Gasteiger charge is 2.32. The van der Waals surface area contributed by atoms with Gasteiger partial charge in [0.05, 0.1) is 20.3 Å². The molecule has 2 rings (SSSR count). The Hall–Kier alpha value is -2.44. The molecule has 0 saturated carbocycles. The summed E-state index contributed by atoms with van der Waals surface area (Å²) in [5, 5.41) is 5.75. The number of carbonyl (C=O) groups excluding carboxylic acids is 2. The molecule has 0 aliphatic carbocycles. The third-order valence-corrected chi connectivity index (χ3v) is 4.41. The molecular formula is C18H27N3O4. The predicted molar refractivity (Wildman–Crippen MR) is 95.1 cm³/mol. The van der Waals surface area contributed by atoms with Crippen LogP contribution in [0.4, 0.5) is 4.79 Å². The van der Waals surface area contributed by atoms with Crippen molar-refractivity contribution in [3.05, 3.63) is 23.3 Å². The number of fused-ring (bicyclic) bond motifs is 1. The second-order valence-electron chi connectivity index (χ2n) is 5.86. The number of methoxy groups -OCH3 is 2. The van der Waals surface area contributed by atoms with Crippen LogP contribution >= 0.6 is 0 Å². The van der Waals surface area contributed by atoms with E-state index in [-0.39, 0.29) is 18.0 Å². The van der Waals surface area contributed by atoms with Crippen molar-refractivity contribution in [2.75, 3.05) is 33.9 Å². The first-order chi connectivity index (χ1) is 12.0. The Morgan fingerprint density at radius 2 is 1.84 bits per heavy atom. The summed E-state index contributed by atoms with van der Waals surface area (Å²) in [6.07, 6.45) is 1.14. The van der Waals surface area contributed by atoms with Crippen LogP contribution in [0.3, 0.4) is 0 Å². The van der Waals surface area contributed by atoms with Gasteiger partial charge >= 0.3 is 6.03 Å². The van der Waals surface area contributed by atoms with Gasteiger partial charge in [-0.15, -0.1) is 0 Å². The van der Waals surface area contributed by atoms with Gasteiger partial charge in [-0.3, -0.25) is 4.79 Å². The van der Waals surface area contributed by atoms with E-state index < -0.39 is 0 Å². The van der Waals surface area contributed by atoms with E-state index in [1.54, 1.807) is 26.0 Å². The van der Waals surface area contributed by atoms with Crippen molar-refractivity contribution in [3.8, 4) is 11.5 Å². The summed E-state index contributed by atoms with van der Waals surface area (Å²) < 4.78 is 10.8. The Kier molecular flexibility index (Phi) is 6.50. The van der Waals surface area contributed by atoms with Crippen molar-refractivity contribution >= 4 is 11.9 Å². The fourth-order valence-electron chi connectivity index (χ4n) is 3.08. The highest BCUT2D eigenvalue weighted by atomic mass is 16.5. The molecule has 25 heavy (non-hydrogen) atoms. The Morgan fingerprint density at radius 1 is 1.16 bits per heavy atom. The molecule has 0 bridgehead atoms. The third-order valence-electron chi connectivity index (χ3n) is 4.41. The second-order valence-corrected chi connectivity index (χ2v) is 5.86. The zero-order chi connectivity index (χ0) is 18.4. The first-order valence-corrected chi connectivity index (χ1v) is 8.61. The number of hydrogen-bond acceptors (Lipinski definition) is 4. The Morgan fingerprint density at radius 3 is 2.44 bits per heavy atom. The van der Waals surface area contributed by atoms with Crippen LogP contribution in [0.5, 0.6) is 11.5 Å². The van der Waals surface area contributed by atoms with Gasteiger partial charge in [0, 0.05) is 26.1 Å². The first kappa shape index (κ1) is 18.9. The minimum absolute atomic E-state index is 0.0385. The molecule has 1 aromatic carbocycles. The number of carbonyl (C=O) groups is 2. The van der Waals surface area contributed by atoms with Crippen LogP contribution < -0.4 is 20.1 Å². The van der Waals surface area contributed by atoms with Gasteiger partial charge in [-0.25, -0.2) is 4.79 Å².